The van der Waals surface area contributed by atoms with Gasteiger partial charge in [-0.15, -0.1) is 11.6 Å². The SMILES string of the molecule is Cc1nc(-n2nc(C)c(Cl)c2C)ncc1CCl. The molecule has 0 radical (unpaired) electrons. The minimum absolute atomic E-state index is 0.407. The van der Waals surface area contributed by atoms with Gasteiger partial charge in [0.25, 0.3) is 5.95 Å². The molecular weight excluding hydrogens is 259 g/mol. The van der Waals surface area contributed by atoms with Crippen LogP contribution < -0.4 is 0 Å². The highest BCUT2D eigenvalue weighted by atomic mass is 35.5. The second-order valence-electron chi connectivity index (χ2n) is 3.81. The number of hydrogen-bond donors (Lipinski definition) is 0. The fourth-order valence-corrected chi connectivity index (χ4v) is 1.91. The zero-order valence-corrected chi connectivity index (χ0v) is 11.3. The smallest absolute Gasteiger partial charge is 0.219 e. The van der Waals surface area contributed by atoms with E-state index in [0.717, 1.165) is 22.6 Å². The summed E-state index contributed by atoms with van der Waals surface area (Å²) in [6, 6.07) is 0. The van der Waals surface area contributed by atoms with E-state index in [1.807, 2.05) is 20.8 Å². The fourth-order valence-electron chi connectivity index (χ4n) is 1.53. The normalized spacial score (nSPS) is 10.9. The van der Waals surface area contributed by atoms with Crippen molar-refractivity contribution in [2.45, 2.75) is 26.7 Å². The van der Waals surface area contributed by atoms with E-state index in [0.29, 0.717) is 16.9 Å². The molecule has 0 saturated heterocycles. The van der Waals surface area contributed by atoms with Gasteiger partial charge in [-0.3, -0.25) is 0 Å². The van der Waals surface area contributed by atoms with E-state index in [4.69, 9.17) is 23.2 Å². The largest absolute Gasteiger partial charge is 0.251 e. The monoisotopic (exact) mass is 270 g/mol. The molecular formula is C11H12Cl2N4. The Hall–Kier alpha value is -1.13. The van der Waals surface area contributed by atoms with Crippen molar-refractivity contribution in [3.63, 3.8) is 0 Å². The van der Waals surface area contributed by atoms with Gasteiger partial charge < -0.3 is 0 Å². The molecule has 0 aliphatic carbocycles. The van der Waals surface area contributed by atoms with Gasteiger partial charge in [-0.25, -0.2) is 14.6 Å². The lowest BCUT2D eigenvalue weighted by Gasteiger charge is -2.05. The molecule has 0 unspecified atom stereocenters. The molecule has 17 heavy (non-hydrogen) atoms. The van der Waals surface area contributed by atoms with Crippen molar-refractivity contribution < 1.29 is 0 Å². The molecule has 2 rings (SSSR count). The van der Waals surface area contributed by atoms with Crippen molar-refractivity contribution in [1.82, 2.24) is 19.7 Å². The Morgan fingerprint density at radius 2 is 1.94 bits per heavy atom. The minimum atomic E-state index is 0.407. The van der Waals surface area contributed by atoms with Gasteiger partial charge in [0.2, 0.25) is 0 Å². The topological polar surface area (TPSA) is 43.6 Å². The molecule has 90 valence electrons. The molecule has 0 amide bonds. The molecule has 6 heteroatoms. The third-order valence-corrected chi connectivity index (χ3v) is 3.44. The second-order valence-corrected chi connectivity index (χ2v) is 4.46. The third-order valence-electron chi connectivity index (χ3n) is 2.60. The van der Waals surface area contributed by atoms with Crippen LogP contribution in [-0.2, 0) is 5.88 Å². The summed E-state index contributed by atoms with van der Waals surface area (Å²) in [6.45, 7) is 5.64. The molecule has 0 atom stereocenters. The number of halogens is 2. The van der Waals surface area contributed by atoms with Crippen molar-refractivity contribution in [2.24, 2.45) is 0 Å². The molecule has 0 aliphatic rings. The first kappa shape index (κ1) is 12.3. The predicted octanol–water partition coefficient (Wildman–Crippen LogP) is 2.98. The van der Waals surface area contributed by atoms with Crippen LogP contribution in [0.4, 0.5) is 0 Å². The molecule has 0 aliphatic heterocycles. The van der Waals surface area contributed by atoms with Crippen molar-refractivity contribution in [1.29, 1.82) is 0 Å². The molecule has 0 spiro atoms. The van der Waals surface area contributed by atoms with Gasteiger partial charge >= 0.3 is 0 Å². The van der Waals surface area contributed by atoms with Crippen LogP contribution >= 0.6 is 23.2 Å². The van der Waals surface area contributed by atoms with Crippen LogP contribution in [0.1, 0.15) is 22.6 Å². The maximum atomic E-state index is 6.09. The molecule has 0 aromatic carbocycles. The van der Waals surface area contributed by atoms with Gasteiger partial charge in [0.15, 0.2) is 0 Å². The first-order valence-electron chi connectivity index (χ1n) is 5.15. The standard InChI is InChI=1S/C11H12Cl2N4/c1-6-9(4-12)5-14-11(15-6)17-8(3)10(13)7(2)16-17/h5H,4H2,1-3H3. The summed E-state index contributed by atoms with van der Waals surface area (Å²) in [4.78, 5) is 8.62. The lowest BCUT2D eigenvalue weighted by molar-refractivity contribution is 0.765. The van der Waals surface area contributed by atoms with E-state index in [2.05, 4.69) is 15.1 Å². The van der Waals surface area contributed by atoms with Crippen LogP contribution in [0, 0.1) is 20.8 Å². The molecule has 2 aromatic heterocycles. The zero-order chi connectivity index (χ0) is 12.6. The summed E-state index contributed by atoms with van der Waals surface area (Å²) >= 11 is 11.9. The highest BCUT2D eigenvalue weighted by molar-refractivity contribution is 6.31. The number of nitrogens with zero attached hydrogens (tertiary/aromatic N) is 4. The predicted molar refractivity (Wildman–Crippen MR) is 67.9 cm³/mol. The van der Waals surface area contributed by atoms with E-state index in [-0.39, 0.29) is 0 Å². The molecule has 0 N–H and O–H groups in total. The maximum absolute atomic E-state index is 6.09. The Bertz CT molecular complexity index is 563. The molecule has 0 saturated carbocycles. The lowest BCUT2D eigenvalue weighted by atomic mass is 10.3. The lowest BCUT2D eigenvalue weighted by Crippen LogP contribution is -2.07. The summed E-state index contributed by atoms with van der Waals surface area (Å²) < 4.78 is 1.64. The first-order valence-corrected chi connectivity index (χ1v) is 6.06. The highest BCUT2D eigenvalue weighted by Gasteiger charge is 2.13. The molecule has 0 fully saturated rings. The third kappa shape index (κ3) is 2.15. The van der Waals surface area contributed by atoms with Crippen LogP contribution in [-0.4, -0.2) is 19.7 Å². The van der Waals surface area contributed by atoms with E-state index < -0.39 is 0 Å². The van der Waals surface area contributed by atoms with Crippen LogP contribution in [0.15, 0.2) is 6.20 Å². The Morgan fingerprint density at radius 3 is 2.41 bits per heavy atom. The van der Waals surface area contributed by atoms with Crippen molar-refractivity contribution in [2.75, 3.05) is 0 Å². The van der Waals surface area contributed by atoms with Crippen LogP contribution in [0.5, 0.6) is 0 Å². The van der Waals surface area contributed by atoms with Gasteiger partial charge in [-0.1, -0.05) is 11.6 Å². The first-order chi connectivity index (χ1) is 8.04. The van der Waals surface area contributed by atoms with Crippen molar-refractivity contribution in [3.05, 3.63) is 33.9 Å². The average Bonchev–Trinajstić information content (AvgIpc) is 2.57. The Morgan fingerprint density at radius 1 is 1.24 bits per heavy atom. The Kier molecular flexibility index (Phi) is 3.35. The van der Waals surface area contributed by atoms with Gasteiger partial charge in [0.1, 0.15) is 0 Å². The second kappa shape index (κ2) is 4.63. The van der Waals surface area contributed by atoms with E-state index in [1.165, 1.54) is 0 Å². The average molecular weight is 271 g/mol. The van der Waals surface area contributed by atoms with Crippen molar-refractivity contribution in [3.8, 4) is 5.95 Å². The minimum Gasteiger partial charge on any atom is -0.219 e. The summed E-state index contributed by atoms with van der Waals surface area (Å²) in [5.41, 5.74) is 3.38. The van der Waals surface area contributed by atoms with Gasteiger partial charge in [0.05, 0.1) is 22.3 Å². The van der Waals surface area contributed by atoms with E-state index in [9.17, 15) is 0 Å². The van der Waals surface area contributed by atoms with Gasteiger partial charge in [-0.05, 0) is 20.8 Å². The quantitative estimate of drug-likeness (QED) is 0.789. The van der Waals surface area contributed by atoms with Gasteiger partial charge in [0, 0.05) is 17.5 Å². The Balaban J connectivity index is 2.53. The number of aryl methyl sites for hydroxylation is 2. The van der Waals surface area contributed by atoms with Crippen LogP contribution in [0.3, 0.4) is 0 Å². The summed E-state index contributed by atoms with van der Waals surface area (Å²) in [7, 11) is 0. The van der Waals surface area contributed by atoms with E-state index in [1.54, 1.807) is 10.9 Å². The number of alkyl halides is 1. The molecule has 2 heterocycles. The summed E-state index contributed by atoms with van der Waals surface area (Å²) in [5, 5.41) is 4.95. The number of hydrogen-bond acceptors (Lipinski definition) is 3. The zero-order valence-electron chi connectivity index (χ0n) is 9.83. The van der Waals surface area contributed by atoms with Gasteiger partial charge in [-0.2, -0.15) is 5.10 Å². The maximum Gasteiger partial charge on any atom is 0.251 e. The highest BCUT2D eigenvalue weighted by Crippen LogP contribution is 2.21. The number of rotatable bonds is 2. The van der Waals surface area contributed by atoms with Crippen molar-refractivity contribution >= 4 is 23.2 Å². The molecule has 4 nitrogen and oxygen atoms in total. The molecule has 2 aromatic rings. The summed E-state index contributed by atoms with van der Waals surface area (Å²) in [5.74, 6) is 0.924. The summed E-state index contributed by atoms with van der Waals surface area (Å²) in [6.07, 6.45) is 1.72. The fraction of sp³-hybridized carbons (Fsp3) is 0.364. The number of aromatic nitrogens is 4. The molecule has 0 bridgehead atoms. The van der Waals surface area contributed by atoms with E-state index >= 15 is 0 Å². The Labute approximate surface area is 110 Å². The van der Waals surface area contributed by atoms with Crippen LogP contribution in [0.2, 0.25) is 5.02 Å². The van der Waals surface area contributed by atoms with Crippen LogP contribution in [0.25, 0.3) is 5.95 Å².